The smallest absolute Gasteiger partial charge is 0.302 e. The van der Waals surface area contributed by atoms with Crippen LogP contribution >= 0.6 is 47.0 Å². The minimum absolute atomic E-state index is 0. The molecule has 4 aliphatic heterocycles. The number of nitrogens with zero attached hydrogens (tertiary/aromatic N) is 4. The predicted molar refractivity (Wildman–Crippen MR) is 452 cm³/mol. The van der Waals surface area contributed by atoms with Crippen LogP contribution in [0.25, 0.3) is 22.3 Å². The van der Waals surface area contributed by atoms with Crippen molar-refractivity contribution in [2.24, 2.45) is 5.73 Å². The fourth-order valence-electron chi connectivity index (χ4n) is 14.3. The van der Waals surface area contributed by atoms with Gasteiger partial charge in [-0.2, -0.15) is 0 Å². The molecule has 0 spiro atoms. The highest BCUT2D eigenvalue weighted by atomic mass is 35.5. The van der Waals surface area contributed by atoms with E-state index in [2.05, 4.69) is 61.9 Å². The Hall–Kier alpha value is -9.96. The van der Waals surface area contributed by atoms with Crippen LogP contribution in [0.2, 0.25) is 0 Å². The first kappa shape index (κ1) is 92.5. The van der Waals surface area contributed by atoms with Gasteiger partial charge in [-0.25, -0.2) is 0 Å². The number of likely N-dealkylation sites (tertiary alicyclic amines) is 4. The number of allylic oxidation sites excluding steroid dienone is 3. The minimum atomic E-state index is -0.480. The zero-order valence-electron chi connectivity index (χ0n) is 66.8. The monoisotopic (exact) mass is 1700 g/mol. The van der Waals surface area contributed by atoms with E-state index in [0.29, 0.717) is 69.1 Å². The summed E-state index contributed by atoms with van der Waals surface area (Å²) in [5, 5.41) is 18.8. The first-order valence-electron chi connectivity index (χ1n) is 38.8. The zero-order chi connectivity index (χ0) is 83.9. The lowest BCUT2D eigenvalue weighted by Gasteiger charge is -2.17. The summed E-state index contributed by atoms with van der Waals surface area (Å²) in [6.45, 7) is 14.2. The van der Waals surface area contributed by atoms with Crippen molar-refractivity contribution in [3.63, 3.8) is 0 Å². The largest absolute Gasteiger partial charge is 1.00 e. The average molecular weight is 1700 g/mol. The van der Waals surface area contributed by atoms with Crippen LogP contribution in [0.5, 0.6) is 0 Å². The van der Waals surface area contributed by atoms with Gasteiger partial charge in [0, 0.05) is 187 Å². The lowest BCUT2D eigenvalue weighted by molar-refractivity contribution is -0.422. The quantitative estimate of drug-likeness (QED) is 0.00998. The average Bonchev–Trinajstić information content (AvgIpc) is 1.59. The Morgan fingerprint density at radius 2 is 0.744 bits per heavy atom. The van der Waals surface area contributed by atoms with Gasteiger partial charge in [0.15, 0.2) is 0 Å². The highest BCUT2D eigenvalue weighted by Crippen LogP contribution is 2.53. The standard InChI is InChI=1S/C42H52N6O8S2.C41H51N7O8S2.ClH/c1-25(43-4)10-8-20-57-33-22-37(52)47(41(33)54)18-16-35(50)45-31-14-6-12-28-30(24-56-27(3)49)29-13-7-15-32(40(29)39(28)31)46-36(51)17-19-48-38(53)23-34(42(48)55)58-21-9-11-26(2)44-5;1-24(43-3)8-6-18-57-32-21-38(53)48(40(32)54)17-15-36(51)46-31-10-5-9-27-30(23-56-25(2)49)29-20-26(12-13-28(29)39(27)31)45-35(50)14-16-47-37(52)22-33(41(47)55)58-19-7-11-34(42)44-4;/h6-7,12-15,30,33-34,43-44H,1-2,8-11,16-24H2,3-5H3,(H,45,50)(H,46,51);5,9-10,12-13,20,30,32-33,43H,1,6-8,11,14-19,21-23H2,2-4H3,(H2,42,44)(H,45,50)(H,46,51);1H. The molecule has 4 heterocycles. The van der Waals surface area contributed by atoms with Gasteiger partial charge in [0.1, 0.15) is 13.2 Å². The zero-order valence-corrected chi connectivity index (χ0v) is 70.8. The number of nitrogens with two attached hydrogens (primary N) is 1. The van der Waals surface area contributed by atoms with Gasteiger partial charge in [-0.15, -0.1) is 47.0 Å². The van der Waals surface area contributed by atoms with E-state index in [-0.39, 0.29) is 162 Å². The lowest BCUT2D eigenvalue weighted by Crippen LogP contribution is -3.00. The summed E-state index contributed by atoms with van der Waals surface area (Å²) in [6.07, 6.45) is 6.19. The van der Waals surface area contributed by atoms with E-state index in [1.807, 2.05) is 45.4 Å². The Kier molecular flexibility index (Phi) is 35.2. The van der Waals surface area contributed by atoms with Gasteiger partial charge < -0.3 is 59.1 Å². The molecule has 0 bridgehead atoms. The summed E-state index contributed by atoms with van der Waals surface area (Å²) in [6, 6.07) is 21.5. The molecular weight excluding hydrogens is 1600 g/mol. The van der Waals surface area contributed by atoms with Crippen molar-refractivity contribution in [2.45, 2.75) is 149 Å². The molecule has 12 amide bonds. The van der Waals surface area contributed by atoms with E-state index in [1.54, 1.807) is 55.6 Å². The number of thioether (sulfide) groups is 4. The molecule has 2 aliphatic carbocycles. The summed E-state index contributed by atoms with van der Waals surface area (Å²) in [4.78, 5) is 188. The number of carbonyl (C=O) groups excluding carboxylic acids is 14. The second kappa shape index (κ2) is 44.6. The predicted octanol–water partition coefficient (Wildman–Crippen LogP) is 3.87. The number of carbonyl (C=O) groups is 14. The van der Waals surface area contributed by atoms with Gasteiger partial charge in [-0.3, -0.25) is 97.4 Å². The molecule has 0 saturated carbocycles. The molecule has 0 aromatic heterocycles. The fraction of sp³-hybridized carbons (Fsp3) is 0.458. The number of rotatable bonds is 43. The van der Waals surface area contributed by atoms with Crippen LogP contribution < -0.4 is 60.4 Å². The number of amidine groups is 1. The number of benzene rings is 4. The third-order valence-corrected chi connectivity index (χ3v) is 25.7. The number of hydrogen-bond acceptors (Lipinski definition) is 23. The molecular formula is C83H104ClN13O16S4. The number of fused-ring (bicyclic) bond motifs is 6. The van der Waals surface area contributed by atoms with Gasteiger partial charge in [0.2, 0.25) is 76.7 Å². The highest BCUT2D eigenvalue weighted by Gasteiger charge is 2.44. The maximum Gasteiger partial charge on any atom is 0.302 e. The van der Waals surface area contributed by atoms with Crippen molar-refractivity contribution in [3.8, 4) is 22.3 Å². The van der Waals surface area contributed by atoms with Crippen molar-refractivity contribution in [1.29, 1.82) is 0 Å². The van der Waals surface area contributed by atoms with Crippen LogP contribution in [0, 0.1) is 0 Å². The number of esters is 2. The number of ether oxygens (including phenoxy) is 2. The molecule has 0 radical (unpaired) electrons. The molecule has 5 atom stereocenters. The number of halogens is 1. The number of nitrogens with one attached hydrogen (secondary N) is 8. The molecule has 117 heavy (non-hydrogen) atoms. The van der Waals surface area contributed by atoms with E-state index < -0.39 is 56.6 Å². The molecule has 4 aromatic carbocycles. The van der Waals surface area contributed by atoms with E-state index in [4.69, 9.17) is 15.2 Å². The van der Waals surface area contributed by atoms with Gasteiger partial charge in [0.05, 0.1) is 28.0 Å². The third-order valence-electron chi connectivity index (χ3n) is 20.6. The fourth-order valence-corrected chi connectivity index (χ4v) is 18.8. The van der Waals surface area contributed by atoms with E-state index >= 15 is 0 Å². The molecule has 34 heteroatoms. The van der Waals surface area contributed by atoms with Crippen LogP contribution in [0.15, 0.2) is 110 Å². The first-order chi connectivity index (χ1) is 55.6. The summed E-state index contributed by atoms with van der Waals surface area (Å²) in [5.41, 5.74) is 16.3. The molecule has 628 valence electrons. The Morgan fingerprint density at radius 3 is 1.07 bits per heavy atom. The number of amides is 12. The SMILES string of the molecule is C=C(CCCSC1CC(=O)N(CCC(=O)Nc2cccc3c2-c2c(NC(=O)CCN4C(=O)CC(SCCCC(=C)NC)C4=O)cccc2C3COC(C)=O)C1=O)NC.C=C(CCCSC1CC(=O)N(CCC(=O)Nc2cccc3c2-c2ccc(NC(=O)CCN4C(=O)CC(SCCCC(N)=[NH+]C)C4=O)cc2C3COC(C)=O)C1=O)NC.[Cl-]. The topological polar surface area (TPSA) is 395 Å². The Balaban J connectivity index is 0.000000290. The first-order valence-corrected chi connectivity index (χ1v) is 43.0. The highest BCUT2D eigenvalue weighted by molar-refractivity contribution is 8.01. The van der Waals surface area contributed by atoms with Crippen molar-refractivity contribution >= 4 is 158 Å². The van der Waals surface area contributed by atoms with Crippen LogP contribution in [0.4, 0.5) is 22.7 Å². The second-order valence-electron chi connectivity index (χ2n) is 28.6. The van der Waals surface area contributed by atoms with Crippen LogP contribution in [0.3, 0.4) is 0 Å². The van der Waals surface area contributed by atoms with Crippen LogP contribution in [-0.2, 0) is 76.6 Å². The normalized spacial score (nSPS) is 18.3. The van der Waals surface area contributed by atoms with Crippen molar-refractivity contribution < 1.29 is 94.0 Å². The van der Waals surface area contributed by atoms with E-state index in [1.165, 1.54) is 65.8 Å². The second-order valence-corrected chi connectivity index (χ2v) is 33.8. The molecule has 29 nitrogen and oxygen atoms in total. The molecule has 4 saturated heterocycles. The Bertz CT molecular complexity index is 4390. The maximum atomic E-state index is 13.5. The summed E-state index contributed by atoms with van der Waals surface area (Å²) in [7, 11) is 7.17. The number of anilines is 4. The van der Waals surface area contributed by atoms with Crippen LogP contribution in [-0.4, -0.2) is 220 Å². The molecule has 5 unspecified atom stereocenters. The Labute approximate surface area is 704 Å². The van der Waals surface area contributed by atoms with Crippen molar-refractivity contribution in [3.05, 3.63) is 132 Å². The lowest BCUT2D eigenvalue weighted by atomic mass is 9.97. The van der Waals surface area contributed by atoms with Gasteiger partial charge in [0.25, 0.3) is 0 Å². The van der Waals surface area contributed by atoms with Gasteiger partial charge >= 0.3 is 11.9 Å². The summed E-state index contributed by atoms with van der Waals surface area (Å²) in [5.74, 6) is -2.23. The molecule has 4 aromatic rings. The Morgan fingerprint density at radius 1 is 0.436 bits per heavy atom. The van der Waals surface area contributed by atoms with Crippen molar-refractivity contribution in [1.82, 2.24) is 35.6 Å². The molecule has 10 N–H and O–H groups in total. The number of hydrogen-bond donors (Lipinski definition) is 9. The maximum absolute atomic E-state index is 13.5. The number of imide groups is 4. The molecule has 10 rings (SSSR count). The summed E-state index contributed by atoms with van der Waals surface area (Å²) < 4.78 is 10.9. The van der Waals surface area contributed by atoms with Crippen LogP contribution in [0.1, 0.15) is 151 Å². The molecule has 4 fully saturated rings. The van der Waals surface area contributed by atoms with Gasteiger partial charge in [-0.05, 0) is 126 Å². The third kappa shape index (κ3) is 24.8. The minimum Gasteiger partial charge on any atom is -1.00 e. The molecule has 6 aliphatic rings. The summed E-state index contributed by atoms with van der Waals surface area (Å²) >= 11 is 5.75. The van der Waals surface area contributed by atoms with Crippen molar-refractivity contribution in [2.75, 3.05) is 112 Å². The van der Waals surface area contributed by atoms with Gasteiger partial charge in [-0.1, -0.05) is 62.2 Å². The van der Waals surface area contributed by atoms with E-state index in [0.717, 1.165) is 110 Å². The van der Waals surface area contributed by atoms with E-state index in [9.17, 15) is 67.1 Å².